The molecule has 4 heteroatoms. The van der Waals surface area contributed by atoms with Crippen molar-refractivity contribution in [1.82, 2.24) is 0 Å². The van der Waals surface area contributed by atoms with Gasteiger partial charge in [0.2, 0.25) is 0 Å². The van der Waals surface area contributed by atoms with Gasteiger partial charge in [-0.2, -0.15) is 0 Å². The minimum atomic E-state index is -0.658. The number of rotatable bonds is 5. The first-order valence-corrected chi connectivity index (χ1v) is 5.70. The average Bonchev–Trinajstić information content (AvgIpc) is 2.37. The third kappa shape index (κ3) is 5.15. The molecule has 0 aliphatic rings. The van der Waals surface area contributed by atoms with E-state index in [2.05, 4.69) is 9.78 Å². The van der Waals surface area contributed by atoms with E-state index in [0.29, 0.717) is 5.56 Å². The van der Waals surface area contributed by atoms with E-state index in [9.17, 15) is 9.59 Å². The van der Waals surface area contributed by atoms with E-state index in [1.807, 2.05) is 6.92 Å². The van der Waals surface area contributed by atoms with Crippen molar-refractivity contribution >= 4 is 11.9 Å². The molecule has 0 aliphatic heterocycles. The number of benzene rings is 1. The van der Waals surface area contributed by atoms with Crippen LogP contribution in [-0.4, -0.2) is 11.9 Å². The van der Waals surface area contributed by atoms with Crippen molar-refractivity contribution in [2.24, 2.45) is 0 Å². The van der Waals surface area contributed by atoms with Gasteiger partial charge >= 0.3 is 11.9 Å². The minimum Gasteiger partial charge on any atom is -0.247 e. The van der Waals surface area contributed by atoms with Crippen molar-refractivity contribution in [3.05, 3.63) is 35.9 Å². The summed E-state index contributed by atoms with van der Waals surface area (Å²) >= 11 is 0. The van der Waals surface area contributed by atoms with Gasteiger partial charge in [-0.05, 0) is 18.6 Å². The average molecular weight is 236 g/mol. The highest BCUT2D eigenvalue weighted by Gasteiger charge is 2.11. The Labute approximate surface area is 100 Å². The second-order valence-electron chi connectivity index (χ2n) is 3.65. The first kappa shape index (κ1) is 13.2. The van der Waals surface area contributed by atoms with Gasteiger partial charge in [0, 0.05) is 0 Å². The van der Waals surface area contributed by atoms with Crippen molar-refractivity contribution in [1.29, 1.82) is 0 Å². The Kier molecular flexibility index (Phi) is 5.79. The van der Waals surface area contributed by atoms with Gasteiger partial charge in [0.25, 0.3) is 0 Å². The van der Waals surface area contributed by atoms with Crippen LogP contribution in [0.1, 0.15) is 43.0 Å². The van der Waals surface area contributed by atoms with Crippen LogP contribution in [0.2, 0.25) is 0 Å². The summed E-state index contributed by atoms with van der Waals surface area (Å²) in [5.41, 5.74) is 0.355. The van der Waals surface area contributed by atoms with Crippen molar-refractivity contribution in [2.45, 2.75) is 32.6 Å². The van der Waals surface area contributed by atoms with Gasteiger partial charge in [-0.1, -0.05) is 38.0 Å². The lowest BCUT2D eigenvalue weighted by Gasteiger charge is -2.02. The maximum atomic E-state index is 11.4. The van der Waals surface area contributed by atoms with E-state index in [1.165, 1.54) is 0 Å². The first-order valence-electron chi connectivity index (χ1n) is 5.70. The standard InChI is InChI=1S/C13H16O4/c1-2-3-5-10-12(14)16-17-13(15)11-8-6-4-7-9-11/h4,6-9H,2-3,5,10H2,1H3. The second kappa shape index (κ2) is 7.44. The molecule has 92 valence electrons. The van der Waals surface area contributed by atoms with Crippen molar-refractivity contribution < 1.29 is 19.4 Å². The molecule has 0 amide bonds. The molecule has 17 heavy (non-hydrogen) atoms. The SMILES string of the molecule is CCCCCC(=O)OOC(=O)c1ccccc1. The van der Waals surface area contributed by atoms with E-state index in [-0.39, 0.29) is 6.42 Å². The van der Waals surface area contributed by atoms with Crippen LogP contribution < -0.4 is 0 Å². The maximum Gasteiger partial charge on any atom is 0.386 e. The summed E-state index contributed by atoms with van der Waals surface area (Å²) in [6.45, 7) is 2.04. The van der Waals surface area contributed by atoms with Crippen LogP contribution in [0.15, 0.2) is 30.3 Å². The molecule has 0 atom stereocenters. The van der Waals surface area contributed by atoms with E-state index in [4.69, 9.17) is 0 Å². The van der Waals surface area contributed by atoms with Gasteiger partial charge in [-0.15, -0.1) is 0 Å². The lowest BCUT2D eigenvalue weighted by molar-refractivity contribution is -0.234. The van der Waals surface area contributed by atoms with E-state index in [0.717, 1.165) is 19.3 Å². The Morgan fingerprint density at radius 2 is 1.76 bits per heavy atom. The molecule has 0 fully saturated rings. The van der Waals surface area contributed by atoms with Crippen molar-refractivity contribution in [2.75, 3.05) is 0 Å². The molecular formula is C13H16O4. The number of unbranched alkanes of at least 4 members (excludes halogenated alkanes) is 2. The Bertz CT molecular complexity index is 359. The monoisotopic (exact) mass is 236 g/mol. The van der Waals surface area contributed by atoms with Crippen LogP contribution in [0.25, 0.3) is 0 Å². The molecule has 4 nitrogen and oxygen atoms in total. The molecule has 1 aromatic carbocycles. The summed E-state index contributed by atoms with van der Waals surface area (Å²) in [4.78, 5) is 31.4. The molecule has 0 saturated carbocycles. The molecule has 0 heterocycles. The number of hydrogen-bond acceptors (Lipinski definition) is 4. The van der Waals surface area contributed by atoms with Crippen LogP contribution in [-0.2, 0) is 14.6 Å². The van der Waals surface area contributed by atoms with Crippen LogP contribution in [0.5, 0.6) is 0 Å². The normalized spacial score (nSPS) is 9.71. The predicted molar refractivity (Wildman–Crippen MR) is 62.1 cm³/mol. The van der Waals surface area contributed by atoms with E-state index >= 15 is 0 Å². The molecule has 0 saturated heterocycles. The summed E-state index contributed by atoms with van der Waals surface area (Å²) in [6, 6.07) is 8.38. The van der Waals surface area contributed by atoms with Gasteiger partial charge in [0.15, 0.2) is 0 Å². The Balaban J connectivity index is 2.26. The topological polar surface area (TPSA) is 52.6 Å². The Hall–Kier alpha value is -1.84. The second-order valence-corrected chi connectivity index (χ2v) is 3.65. The molecule has 0 radical (unpaired) electrons. The Morgan fingerprint density at radius 3 is 2.41 bits per heavy atom. The quantitative estimate of drug-likeness (QED) is 0.448. The van der Waals surface area contributed by atoms with Gasteiger partial charge in [0.05, 0.1) is 12.0 Å². The van der Waals surface area contributed by atoms with Crippen LogP contribution in [0.3, 0.4) is 0 Å². The van der Waals surface area contributed by atoms with Crippen molar-refractivity contribution in [3.63, 3.8) is 0 Å². The molecule has 0 bridgehead atoms. The van der Waals surface area contributed by atoms with Gasteiger partial charge in [0.1, 0.15) is 0 Å². The maximum absolute atomic E-state index is 11.4. The third-order valence-electron chi connectivity index (χ3n) is 2.20. The summed E-state index contributed by atoms with van der Waals surface area (Å²) in [5, 5.41) is 0. The first-order chi connectivity index (χ1) is 8.24. The predicted octanol–water partition coefficient (Wildman–Crippen LogP) is 2.88. The highest BCUT2D eigenvalue weighted by atomic mass is 17.2. The lowest BCUT2D eigenvalue weighted by Crippen LogP contribution is -2.11. The lowest BCUT2D eigenvalue weighted by atomic mass is 10.2. The largest absolute Gasteiger partial charge is 0.386 e. The smallest absolute Gasteiger partial charge is 0.247 e. The molecule has 1 aromatic rings. The molecule has 0 aliphatic carbocycles. The number of carbonyl (C=O) groups excluding carboxylic acids is 2. The zero-order valence-corrected chi connectivity index (χ0v) is 9.85. The zero-order chi connectivity index (χ0) is 12.5. The fraction of sp³-hybridized carbons (Fsp3) is 0.385. The summed E-state index contributed by atoms with van der Waals surface area (Å²) < 4.78 is 0. The molecule has 0 unspecified atom stereocenters. The number of carbonyl (C=O) groups is 2. The minimum absolute atomic E-state index is 0.274. The molecule has 0 N–H and O–H groups in total. The zero-order valence-electron chi connectivity index (χ0n) is 9.85. The van der Waals surface area contributed by atoms with Gasteiger partial charge in [-0.25, -0.2) is 19.4 Å². The molecule has 0 aromatic heterocycles. The molecule has 0 spiro atoms. The van der Waals surface area contributed by atoms with Gasteiger partial charge < -0.3 is 0 Å². The summed E-state index contributed by atoms with van der Waals surface area (Å²) in [5.74, 6) is -1.17. The summed E-state index contributed by atoms with van der Waals surface area (Å²) in [7, 11) is 0. The third-order valence-corrected chi connectivity index (χ3v) is 2.20. The fourth-order valence-corrected chi connectivity index (χ4v) is 1.27. The van der Waals surface area contributed by atoms with Crippen LogP contribution >= 0.6 is 0 Å². The van der Waals surface area contributed by atoms with Crippen LogP contribution in [0.4, 0.5) is 0 Å². The fourth-order valence-electron chi connectivity index (χ4n) is 1.27. The molecular weight excluding hydrogens is 220 g/mol. The van der Waals surface area contributed by atoms with Gasteiger partial charge in [-0.3, -0.25) is 0 Å². The number of hydrogen-bond donors (Lipinski definition) is 0. The van der Waals surface area contributed by atoms with E-state index < -0.39 is 11.9 Å². The highest BCUT2D eigenvalue weighted by Crippen LogP contribution is 2.04. The summed E-state index contributed by atoms with van der Waals surface area (Å²) in [6.07, 6.45) is 3.01. The highest BCUT2D eigenvalue weighted by molar-refractivity contribution is 5.89. The van der Waals surface area contributed by atoms with Crippen molar-refractivity contribution in [3.8, 4) is 0 Å². The van der Waals surface area contributed by atoms with Crippen LogP contribution in [0, 0.1) is 0 Å². The van der Waals surface area contributed by atoms with E-state index in [1.54, 1.807) is 30.3 Å². The Morgan fingerprint density at radius 1 is 1.06 bits per heavy atom. The molecule has 1 rings (SSSR count).